The van der Waals surface area contributed by atoms with Crippen LogP contribution < -0.4 is 0 Å². The summed E-state index contributed by atoms with van der Waals surface area (Å²) in [5, 5.41) is 3.66. The molecule has 4 aliphatic carbocycles. The van der Waals surface area contributed by atoms with E-state index in [9.17, 15) is 9.70 Å². The molecule has 0 amide bonds. The Kier molecular flexibility index (Phi) is 4.53. The third-order valence-electron chi connectivity index (χ3n) is 8.40. The van der Waals surface area contributed by atoms with E-state index in [0.717, 1.165) is 37.7 Å². The average molecular weight is 370 g/mol. The molecule has 0 N–H and O–H groups in total. The Morgan fingerprint density at radius 3 is 2.81 bits per heavy atom. The van der Waals surface area contributed by atoms with Gasteiger partial charge in [0.1, 0.15) is 6.61 Å². The monoisotopic (exact) mass is 369 g/mol. The fraction of sp³-hybridized carbons (Fsp3) is 0.696. The second-order valence-corrected chi connectivity index (χ2v) is 9.61. The van der Waals surface area contributed by atoms with Crippen molar-refractivity contribution >= 4 is 5.78 Å². The highest BCUT2D eigenvalue weighted by Gasteiger charge is 2.63. The number of nitroso groups, excluding NO2 is 1. The van der Waals surface area contributed by atoms with E-state index in [1.807, 2.05) is 0 Å². The molecule has 7 unspecified atom stereocenters. The van der Waals surface area contributed by atoms with Crippen LogP contribution in [0.1, 0.15) is 46.0 Å². The van der Waals surface area contributed by atoms with Crippen molar-refractivity contribution in [3.05, 3.63) is 40.9 Å². The van der Waals surface area contributed by atoms with Crippen molar-refractivity contribution in [1.82, 2.24) is 0 Å². The Bertz CT molecular complexity index is 738. The molecule has 0 bridgehead atoms. The first kappa shape index (κ1) is 18.8. The Morgan fingerprint density at radius 1 is 1.33 bits per heavy atom. The van der Waals surface area contributed by atoms with Gasteiger partial charge in [0.2, 0.25) is 0 Å². The number of allylic oxidation sites excluding steroid dienone is 5. The van der Waals surface area contributed by atoms with Gasteiger partial charge in [0, 0.05) is 24.4 Å². The lowest BCUT2D eigenvalue weighted by Crippen LogP contribution is -2.55. The quantitative estimate of drug-likeness (QED) is 0.665. The molecule has 0 heterocycles. The summed E-state index contributed by atoms with van der Waals surface area (Å²) in [6, 6.07) is -0.239. The lowest BCUT2D eigenvalue weighted by molar-refractivity contribution is -0.133. The van der Waals surface area contributed by atoms with Gasteiger partial charge < -0.3 is 4.74 Å². The van der Waals surface area contributed by atoms with Crippen LogP contribution in [0.4, 0.5) is 0 Å². The fourth-order valence-electron chi connectivity index (χ4n) is 7.28. The maximum Gasteiger partial charge on any atom is 0.162 e. The lowest BCUT2D eigenvalue weighted by Gasteiger charge is -2.58. The Hall–Kier alpha value is -1.55. The van der Waals surface area contributed by atoms with E-state index in [1.54, 1.807) is 7.11 Å². The van der Waals surface area contributed by atoms with Crippen molar-refractivity contribution in [2.75, 3.05) is 13.7 Å². The molecule has 4 rings (SSSR count). The standard InChI is InChI=1S/C23H31NO3/c1-14-9-10-22(2)15(11-14)5-6-16-17-7-8-18(20(25)13-27-4)23(17,3)12-19(24-26)21(16)22/h9-11,16-19,21H,1,5-8,12-13H2,2-4H3. The molecule has 27 heavy (non-hydrogen) atoms. The summed E-state index contributed by atoms with van der Waals surface area (Å²) < 4.78 is 5.14. The van der Waals surface area contributed by atoms with Gasteiger partial charge in [-0.1, -0.05) is 49.4 Å². The number of hydrogen-bond acceptors (Lipinski definition) is 4. The molecule has 0 aromatic carbocycles. The molecular weight excluding hydrogens is 338 g/mol. The van der Waals surface area contributed by atoms with E-state index in [1.165, 1.54) is 5.57 Å². The third-order valence-corrected chi connectivity index (χ3v) is 8.40. The Labute approximate surface area is 162 Å². The van der Waals surface area contributed by atoms with Crippen LogP contribution in [0, 0.1) is 39.4 Å². The van der Waals surface area contributed by atoms with Crippen molar-refractivity contribution in [3.8, 4) is 0 Å². The number of Topliss-reactive ketones (excluding diaryl/α,β-unsaturated/α-hetero) is 1. The summed E-state index contributed by atoms with van der Waals surface area (Å²) in [6.07, 6.45) is 11.4. The summed E-state index contributed by atoms with van der Waals surface area (Å²) in [5.74, 6) is 1.36. The number of carbonyl (C=O) groups is 1. The number of rotatable bonds is 4. The molecule has 3 saturated carbocycles. The number of fused-ring (bicyclic) bond motifs is 5. The second kappa shape index (κ2) is 6.51. The molecule has 4 nitrogen and oxygen atoms in total. The van der Waals surface area contributed by atoms with Crippen LogP contribution in [0.15, 0.2) is 41.1 Å². The van der Waals surface area contributed by atoms with Gasteiger partial charge in [-0.25, -0.2) is 0 Å². The van der Waals surface area contributed by atoms with Gasteiger partial charge in [-0.2, -0.15) is 4.91 Å². The molecule has 0 saturated heterocycles. The minimum Gasteiger partial charge on any atom is -0.377 e. The summed E-state index contributed by atoms with van der Waals surface area (Å²) in [6.45, 7) is 8.79. The highest BCUT2D eigenvalue weighted by atomic mass is 16.5. The van der Waals surface area contributed by atoms with E-state index < -0.39 is 0 Å². The fourth-order valence-corrected chi connectivity index (χ4v) is 7.28. The largest absolute Gasteiger partial charge is 0.377 e. The van der Waals surface area contributed by atoms with E-state index in [2.05, 4.69) is 43.8 Å². The molecule has 0 spiro atoms. The van der Waals surface area contributed by atoms with Gasteiger partial charge in [-0.3, -0.25) is 4.79 Å². The molecule has 0 aromatic rings. The predicted octanol–water partition coefficient (Wildman–Crippen LogP) is 4.86. The molecular formula is C23H31NO3. The number of hydrogen-bond donors (Lipinski definition) is 0. The zero-order valence-corrected chi connectivity index (χ0v) is 16.7. The predicted molar refractivity (Wildman–Crippen MR) is 106 cm³/mol. The summed E-state index contributed by atoms with van der Waals surface area (Å²) >= 11 is 0. The summed E-state index contributed by atoms with van der Waals surface area (Å²) in [7, 11) is 1.58. The first-order valence-corrected chi connectivity index (χ1v) is 10.3. The van der Waals surface area contributed by atoms with Gasteiger partial charge in [0.05, 0.1) is 6.04 Å². The molecule has 3 fully saturated rings. The van der Waals surface area contributed by atoms with Crippen molar-refractivity contribution in [1.29, 1.82) is 0 Å². The van der Waals surface area contributed by atoms with Crippen LogP contribution in [0.3, 0.4) is 0 Å². The van der Waals surface area contributed by atoms with Crippen LogP contribution in [0.5, 0.6) is 0 Å². The molecule has 4 heteroatoms. The van der Waals surface area contributed by atoms with Gasteiger partial charge in [0.25, 0.3) is 0 Å². The van der Waals surface area contributed by atoms with Crippen molar-refractivity contribution < 1.29 is 9.53 Å². The highest BCUT2D eigenvalue weighted by Crippen LogP contribution is 2.66. The molecule has 146 valence electrons. The van der Waals surface area contributed by atoms with Crippen LogP contribution in [-0.4, -0.2) is 25.5 Å². The van der Waals surface area contributed by atoms with Crippen LogP contribution in [0.25, 0.3) is 0 Å². The van der Waals surface area contributed by atoms with E-state index >= 15 is 0 Å². The van der Waals surface area contributed by atoms with Crippen LogP contribution in [0.2, 0.25) is 0 Å². The summed E-state index contributed by atoms with van der Waals surface area (Å²) in [4.78, 5) is 24.7. The maximum absolute atomic E-state index is 12.7. The maximum atomic E-state index is 12.7. The van der Waals surface area contributed by atoms with Gasteiger partial charge >= 0.3 is 0 Å². The summed E-state index contributed by atoms with van der Waals surface area (Å²) in [5.41, 5.74) is 2.20. The first-order valence-electron chi connectivity index (χ1n) is 10.3. The normalized spacial score (nSPS) is 45.5. The van der Waals surface area contributed by atoms with Crippen LogP contribution >= 0.6 is 0 Å². The van der Waals surface area contributed by atoms with Crippen molar-refractivity contribution in [2.45, 2.75) is 52.0 Å². The van der Waals surface area contributed by atoms with E-state index in [4.69, 9.17) is 4.74 Å². The zero-order valence-electron chi connectivity index (χ0n) is 16.7. The van der Waals surface area contributed by atoms with Crippen LogP contribution in [-0.2, 0) is 9.53 Å². The number of nitrogens with zero attached hydrogens (tertiary/aromatic N) is 1. The molecule has 7 atom stereocenters. The van der Waals surface area contributed by atoms with E-state index in [0.29, 0.717) is 11.8 Å². The van der Waals surface area contributed by atoms with Gasteiger partial charge in [0.15, 0.2) is 5.78 Å². The Balaban J connectivity index is 1.72. The molecule has 0 radical (unpaired) electrons. The average Bonchev–Trinajstić information content (AvgIpc) is 2.98. The topological polar surface area (TPSA) is 55.7 Å². The lowest BCUT2D eigenvalue weighted by atomic mass is 9.46. The SMILES string of the molecule is C=C1C=CC2(C)C(=C1)CCC1C2C(N=O)CC2(C)C(C(=O)COC)CCC12. The smallest absolute Gasteiger partial charge is 0.162 e. The minimum atomic E-state index is -0.239. The Morgan fingerprint density at radius 2 is 2.11 bits per heavy atom. The highest BCUT2D eigenvalue weighted by molar-refractivity contribution is 5.83. The molecule has 0 aromatic heterocycles. The minimum absolute atomic E-state index is 0.000860. The van der Waals surface area contributed by atoms with E-state index in [-0.39, 0.29) is 41.1 Å². The third kappa shape index (κ3) is 2.63. The van der Waals surface area contributed by atoms with Gasteiger partial charge in [-0.15, -0.1) is 0 Å². The van der Waals surface area contributed by atoms with Crippen molar-refractivity contribution in [3.63, 3.8) is 0 Å². The zero-order chi connectivity index (χ0) is 19.4. The molecule has 4 aliphatic rings. The number of carbonyl (C=O) groups excluding carboxylic acids is 1. The number of methoxy groups -OCH3 is 1. The van der Waals surface area contributed by atoms with Gasteiger partial charge in [-0.05, 0) is 54.9 Å². The van der Waals surface area contributed by atoms with Crippen molar-refractivity contribution in [2.24, 2.45) is 39.7 Å². The second-order valence-electron chi connectivity index (χ2n) is 9.61. The number of ether oxygens (including phenoxy) is 1. The number of ketones is 1. The first-order chi connectivity index (χ1) is 12.8. The molecule has 0 aliphatic heterocycles.